The number of anilines is 1. The van der Waals surface area contributed by atoms with Crippen molar-refractivity contribution in [1.82, 2.24) is 15.3 Å². The number of rotatable bonds is 3. The zero-order valence-corrected chi connectivity index (χ0v) is 12.5. The summed E-state index contributed by atoms with van der Waals surface area (Å²) < 4.78 is 0. The molecule has 0 bridgehead atoms. The molecule has 0 unspecified atom stereocenters. The van der Waals surface area contributed by atoms with Crippen molar-refractivity contribution in [3.05, 3.63) is 30.6 Å². The normalized spacial score (nSPS) is 19.4. The minimum atomic E-state index is 0.255. The quantitative estimate of drug-likeness (QED) is 0.942. The molecule has 1 saturated heterocycles. The van der Waals surface area contributed by atoms with E-state index in [1.54, 1.807) is 6.33 Å². The molecule has 0 spiro atoms. The predicted octanol–water partition coefficient (Wildman–Crippen LogP) is 2.12. The van der Waals surface area contributed by atoms with Gasteiger partial charge in [0.25, 0.3) is 0 Å². The Morgan fingerprint density at radius 3 is 2.64 bits per heavy atom. The van der Waals surface area contributed by atoms with Gasteiger partial charge >= 0.3 is 0 Å². The van der Waals surface area contributed by atoms with Gasteiger partial charge in [0, 0.05) is 30.4 Å². The van der Waals surface area contributed by atoms with E-state index in [0.29, 0.717) is 12.0 Å². The van der Waals surface area contributed by atoms with Gasteiger partial charge in [-0.2, -0.15) is 0 Å². The first-order chi connectivity index (χ1) is 10.8. The highest BCUT2D eigenvalue weighted by Gasteiger charge is 2.32. The summed E-state index contributed by atoms with van der Waals surface area (Å²) in [6, 6.07) is 8.43. The molecule has 0 atom stereocenters. The number of carbonyl (C=O) groups excluding carboxylic acids is 1. The Morgan fingerprint density at radius 2 is 1.86 bits per heavy atom. The van der Waals surface area contributed by atoms with Crippen LogP contribution >= 0.6 is 0 Å². The molecular weight excluding hydrogens is 276 g/mol. The number of benzene rings is 1. The zero-order valence-electron chi connectivity index (χ0n) is 12.5. The van der Waals surface area contributed by atoms with Crippen LogP contribution in [0.5, 0.6) is 0 Å². The monoisotopic (exact) mass is 296 g/mol. The van der Waals surface area contributed by atoms with E-state index in [9.17, 15) is 4.79 Å². The van der Waals surface area contributed by atoms with Crippen LogP contribution in [0, 0.1) is 5.92 Å². The minimum Gasteiger partial charge on any atom is -0.356 e. The van der Waals surface area contributed by atoms with Crippen molar-refractivity contribution in [3.8, 4) is 0 Å². The summed E-state index contributed by atoms with van der Waals surface area (Å²) in [6.07, 6.45) is 5.74. The Hall–Kier alpha value is -2.17. The van der Waals surface area contributed by atoms with Crippen molar-refractivity contribution in [2.75, 3.05) is 18.0 Å². The van der Waals surface area contributed by atoms with Crippen LogP contribution in [0.25, 0.3) is 10.9 Å². The maximum Gasteiger partial charge on any atom is 0.223 e. The molecule has 4 rings (SSSR count). The summed E-state index contributed by atoms with van der Waals surface area (Å²) in [5.41, 5.74) is 0.983. The van der Waals surface area contributed by atoms with Crippen molar-refractivity contribution in [1.29, 1.82) is 0 Å². The molecular formula is C17H20N4O. The molecule has 1 N–H and O–H groups in total. The summed E-state index contributed by atoms with van der Waals surface area (Å²) in [5, 5.41) is 4.29. The molecule has 1 aliphatic heterocycles. The molecule has 1 amide bonds. The molecule has 5 nitrogen and oxygen atoms in total. The Bertz CT molecular complexity index is 685. The standard InChI is InChI=1S/C17H20N4O/c22-17(12-5-6-12)20-13-7-9-21(10-8-13)16-14-3-1-2-4-15(14)18-11-19-16/h1-4,11-13H,5-10H2,(H,20,22). The number of aromatic nitrogens is 2. The average molecular weight is 296 g/mol. The first-order valence-electron chi connectivity index (χ1n) is 8.06. The van der Waals surface area contributed by atoms with Gasteiger partial charge in [-0.05, 0) is 37.8 Å². The molecule has 1 aromatic heterocycles. The second-order valence-corrected chi connectivity index (χ2v) is 6.26. The largest absolute Gasteiger partial charge is 0.356 e. The maximum atomic E-state index is 11.9. The van der Waals surface area contributed by atoms with Crippen LogP contribution in [0.3, 0.4) is 0 Å². The topological polar surface area (TPSA) is 58.1 Å². The number of piperidine rings is 1. The van der Waals surface area contributed by atoms with Gasteiger partial charge in [0.2, 0.25) is 5.91 Å². The third-order valence-electron chi connectivity index (χ3n) is 4.61. The van der Waals surface area contributed by atoms with E-state index in [1.807, 2.05) is 18.2 Å². The number of para-hydroxylation sites is 1. The molecule has 0 radical (unpaired) electrons. The van der Waals surface area contributed by atoms with E-state index in [-0.39, 0.29) is 5.91 Å². The van der Waals surface area contributed by atoms with Crippen molar-refractivity contribution in [2.45, 2.75) is 31.7 Å². The Kier molecular flexibility index (Phi) is 3.41. The number of hydrogen-bond acceptors (Lipinski definition) is 4. The van der Waals surface area contributed by atoms with Crippen LogP contribution in [0.2, 0.25) is 0 Å². The second-order valence-electron chi connectivity index (χ2n) is 6.26. The van der Waals surface area contributed by atoms with Crippen LogP contribution in [0.15, 0.2) is 30.6 Å². The fourth-order valence-corrected chi connectivity index (χ4v) is 3.14. The van der Waals surface area contributed by atoms with Gasteiger partial charge in [0.1, 0.15) is 12.1 Å². The fraction of sp³-hybridized carbons (Fsp3) is 0.471. The first-order valence-corrected chi connectivity index (χ1v) is 8.06. The lowest BCUT2D eigenvalue weighted by Crippen LogP contribution is -2.45. The SMILES string of the molecule is O=C(NC1CCN(c2ncnc3ccccc23)CC1)C1CC1. The lowest BCUT2D eigenvalue weighted by atomic mass is 10.0. The van der Waals surface area contributed by atoms with E-state index < -0.39 is 0 Å². The summed E-state index contributed by atoms with van der Waals surface area (Å²) in [6.45, 7) is 1.85. The second kappa shape index (κ2) is 5.55. The number of nitrogens with one attached hydrogen (secondary N) is 1. The molecule has 1 aliphatic carbocycles. The lowest BCUT2D eigenvalue weighted by Gasteiger charge is -2.33. The predicted molar refractivity (Wildman–Crippen MR) is 85.6 cm³/mol. The van der Waals surface area contributed by atoms with Crippen LogP contribution in [-0.2, 0) is 4.79 Å². The number of carbonyl (C=O) groups is 1. The molecule has 22 heavy (non-hydrogen) atoms. The van der Waals surface area contributed by atoms with Gasteiger partial charge in [0.15, 0.2) is 0 Å². The molecule has 1 aromatic carbocycles. The summed E-state index contributed by atoms with van der Waals surface area (Å²) in [7, 11) is 0. The highest BCUT2D eigenvalue weighted by molar-refractivity contribution is 5.89. The smallest absolute Gasteiger partial charge is 0.223 e. The third-order valence-corrected chi connectivity index (χ3v) is 4.61. The number of fused-ring (bicyclic) bond motifs is 1. The van der Waals surface area contributed by atoms with E-state index >= 15 is 0 Å². The number of nitrogens with zero attached hydrogens (tertiary/aromatic N) is 3. The first kappa shape index (κ1) is 13.5. The molecule has 1 saturated carbocycles. The van der Waals surface area contributed by atoms with Crippen molar-refractivity contribution in [2.24, 2.45) is 5.92 Å². The highest BCUT2D eigenvalue weighted by atomic mass is 16.2. The van der Waals surface area contributed by atoms with E-state index in [1.165, 1.54) is 0 Å². The summed E-state index contributed by atoms with van der Waals surface area (Å²) in [5.74, 6) is 1.56. The molecule has 114 valence electrons. The average Bonchev–Trinajstić information content (AvgIpc) is 3.40. The van der Waals surface area contributed by atoms with Gasteiger partial charge in [-0.25, -0.2) is 9.97 Å². The Balaban J connectivity index is 1.45. The molecule has 2 heterocycles. The van der Waals surface area contributed by atoms with E-state index in [2.05, 4.69) is 26.3 Å². The summed E-state index contributed by atoms with van der Waals surface area (Å²) >= 11 is 0. The molecule has 5 heteroatoms. The van der Waals surface area contributed by atoms with Gasteiger partial charge in [-0.1, -0.05) is 12.1 Å². The fourth-order valence-electron chi connectivity index (χ4n) is 3.14. The highest BCUT2D eigenvalue weighted by Crippen LogP contribution is 2.30. The Morgan fingerprint density at radius 1 is 1.09 bits per heavy atom. The van der Waals surface area contributed by atoms with Crippen molar-refractivity contribution >= 4 is 22.6 Å². The minimum absolute atomic E-state index is 0.255. The van der Waals surface area contributed by atoms with Gasteiger partial charge in [-0.3, -0.25) is 4.79 Å². The van der Waals surface area contributed by atoms with Gasteiger partial charge in [-0.15, -0.1) is 0 Å². The number of amides is 1. The Labute approximate surface area is 129 Å². The molecule has 2 aromatic rings. The maximum absolute atomic E-state index is 11.9. The third kappa shape index (κ3) is 2.63. The van der Waals surface area contributed by atoms with Crippen molar-refractivity contribution in [3.63, 3.8) is 0 Å². The van der Waals surface area contributed by atoms with Crippen LogP contribution in [-0.4, -0.2) is 35.0 Å². The van der Waals surface area contributed by atoms with Crippen LogP contribution in [0.1, 0.15) is 25.7 Å². The van der Waals surface area contributed by atoms with Crippen molar-refractivity contribution < 1.29 is 4.79 Å². The molecule has 2 fully saturated rings. The van der Waals surface area contributed by atoms with E-state index in [4.69, 9.17) is 0 Å². The lowest BCUT2D eigenvalue weighted by molar-refractivity contribution is -0.123. The number of hydrogen-bond donors (Lipinski definition) is 1. The van der Waals surface area contributed by atoms with E-state index in [0.717, 1.165) is 55.5 Å². The van der Waals surface area contributed by atoms with Crippen LogP contribution in [0.4, 0.5) is 5.82 Å². The van der Waals surface area contributed by atoms with Gasteiger partial charge in [0.05, 0.1) is 5.52 Å². The summed E-state index contributed by atoms with van der Waals surface area (Å²) in [4.78, 5) is 23.0. The van der Waals surface area contributed by atoms with Crippen LogP contribution < -0.4 is 10.2 Å². The van der Waals surface area contributed by atoms with Gasteiger partial charge < -0.3 is 10.2 Å². The molecule has 2 aliphatic rings. The zero-order chi connectivity index (χ0) is 14.9.